The summed E-state index contributed by atoms with van der Waals surface area (Å²) in [6.07, 6.45) is -2.62. The summed E-state index contributed by atoms with van der Waals surface area (Å²) in [6.45, 7) is 0.568. The zero-order valence-corrected chi connectivity index (χ0v) is 18.3. The molecule has 1 amide bonds. The van der Waals surface area contributed by atoms with Crippen LogP contribution in [0.4, 0.5) is 23.8 Å². The summed E-state index contributed by atoms with van der Waals surface area (Å²) < 4.78 is 51.5. The molecule has 1 aromatic carbocycles. The molecule has 0 bridgehead atoms. The Morgan fingerprint density at radius 1 is 1.20 bits per heavy atom. The summed E-state index contributed by atoms with van der Waals surface area (Å²) in [4.78, 5) is 25.8. The minimum atomic E-state index is -4.45. The lowest BCUT2D eigenvalue weighted by Gasteiger charge is -2.14. The van der Waals surface area contributed by atoms with Crippen LogP contribution in [-0.4, -0.2) is 39.2 Å². The van der Waals surface area contributed by atoms with E-state index < -0.39 is 17.7 Å². The predicted molar refractivity (Wildman–Crippen MR) is 116 cm³/mol. The van der Waals surface area contributed by atoms with E-state index in [-0.39, 0.29) is 24.4 Å². The Labute approximate surface area is 196 Å². The van der Waals surface area contributed by atoms with Gasteiger partial charge >= 0.3 is 12.3 Å². The van der Waals surface area contributed by atoms with E-state index >= 15 is 0 Å². The highest BCUT2D eigenvalue weighted by molar-refractivity contribution is 5.86. The van der Waals surface area contributed by atoms with E-state index in [1.54, 1.807) is 30.3 Å². The van der Waals surface area contributed by atoms with Crippen molar-refractivity contribution in [3.8, 4) is 11.6 Å². The first-order chi connectivity index (χ1) is 16.8. The van der Waals surface area contributed by atoms with Crippen LogP contribution in [0.2, 0.25) is 0 Å². The fourth-order valence-corrected chi connectivity index (χ4v) is 3.64. The number of alkyl halides is 3. The highest BCUT2D eigenvalue weighted by atomic mass is 19.4. The number of nitrogens with zero attached hydrogens (tertiary/aromatic N) is 4. The van der Waals surface area contributed by atoms with E-state index in [2.05, 4.69) is 25.8 Å². The van der Waals surface area contributed by atoms with Crippen molar-refractivity contribution in [2.75, 3.05) is 12.4 Å². The number of carbonyl (C=O) groups is 1. The molecule has 1 aliphatic carbocycles. The van der Waals surface area contributed by atoms with Crippen molar-refractivity contribution in [3.05, 3.63) is 60.4 Å². The van der Waals surface area contributed by atoms with E-state index in [1.165, 1.54) is 17.3 Å². The molecule has 0 unspecified atom stereocenters. The summed E-state index contributed by atoms with van der Waals surface area (Å²) in [5.41, 5.74) is -0.699. The SMILES string of the molecule is CNCc1cc(Oc2ccc3c(ccn3OC(=O)Nc3cc(C4(C(F)(F)F)CC4)on3)c2)ncn1. The molecule has 1 fully saturated rings. The summed E-state index contributed by atoms with van der Waals surface area (Å²) in [6, 6.07) is 9.58. The van der Waals surface area contributed by atoms with E-state index in [0.29, 0.717) is 29.1 Å². The van der Waals surface area contributed by atoms with Gasteiger partial charge in [0.05, 0.1) is 11.2 Å². The minimum absolute atomic E-state index is 0.0784. The van der Waals surface area contributed by atoms with Gasteiger partial charge in [0.1, 0.15) is 17.5 Å². The number of nitrogens with one attached hydrogen (secondary N) is 2. The first kappa shape index (κ1) is 22.7. The monoisotopic (exact) mass is 488 g/mol. The number of ether oxygens (including phenoxy) is 1. The largest absolute Gasteiger partial charge is 0.439 e. The molecular weight excluding hydrogens is 469 g/mol. The van der Waals surface area contributed by atoms with Crippen LogP contribution in [0, 0.1) is 0 Å². The van der Waals surface area contributed by atoms with Crippen molar-refractivity contribution in [1.82, 2.24) is 25.2 Å². The Morgan fingerprint density at radius 2 is 2.03 bits per heavy atom. The van der Waals surface area contributed by atoms with Crippen molar-refractivity contribution < 1.29 is 32.1 Å². The minimum Gasteiger partial charge on any atom is -0.439 e. The molecule has 35 heavy (non-hydrogen) atoms. The van der Waals surface area contributed by atoms with E-state index in [0.717, 1.165) is 11.8 Å². The van der Waals surface area contributed by atoms with Gasteiger partial charge in [0.15, 0.2) is 11.6 Å². The second-order valence-corrected chi connectivity index (χ2v) is 8.00. The molecule has 0 atom stereocenters. The molecule has 0 radical (unpaired) electrons. The fourth-order valence-electron chi connectivity index (χ4n) is 3.64. The van der Waals surface area contributed by atoms with Crippen LogP contribution in [0.1, 0.15) is 24.3 Å². The summed E-state index contributed by atoms with van der Waals surface area (Å²) in [5.74, 6) is 0.393. The Balaban J connectivity index is 1.25. The highest BCUT2D eigenvalue weighted by Crippen LogP contribution is 2.59. The number of fused-ring (bicyclic) bond motifs is 1. The fraction of sp³-hybridized carbons (Fsp3) is 0.273. The van der Waals surface area contributed by atoms with Crippen molar-refractivity contribution in [2.24, 2.45) is 0 Å². The standard InChI is InChI=1S/C22H19F3N6O4/c1-26-11-14-9-19(28-12-27-14)33-15-2-3-16-13(8-15)4-7-31(16)35-20(32)29-18-10-17(34-30-18)21(5-6-21)22(23,24)25/h2-4,7-10,12,26H,5-6,11H2,1H3,(H,29,30,32). The average molecular weight is 488 g/mol. The van der Waals surface area contributed by atoms with E-state index in [9.17, 15) is 18.0 Å². The van der Waals surface area contributed by atoms with Gasteiger partial charge in [0.2, 0.25) is 5.88 Å². The maximum Gasteiger partial charge on any atom is 0.437 e. The first-order valence-corrected chi connectivity index (χ1v) is 10.6. The maximum absolute atomic E-state index is 13.2. The normalized spacial score (nSPS) is 14.6. The number of hydrogen-bond donors (Lipinski definition) is 2. The molecule has 3 heterocycles. The molecular formula is C22H19F3N6O4. The van der Waals surface area contributed by atoms with Crippen LogP contribution in [0.5, 0.6) is 11.6 Å². The van der Waals surface area contributed by atoms with Gasteiger partial charge < -0.3 is 19.4 Å². The number of amides is 1. The van der Waals surface area contributed by atoms with Crippen molar-refractivity contribution in [3.63, 3.8) is 0 Å². The third kappa shape index (κ3) is 4.49. The predicted octanol–water partition coefficient (Wildman–Crippen LogP) is 4.19. The number of benzene rings is 1. The molecule has 13 heteroatoms. The van der Waals surface area contributed by atoms with Crippen molar-refractivity contribution in [2.45, 2.75) is 31.0 Å². The molecule has 1 aliphatic rings. The third-order valence-corrected chi connectivity index (χ3v) is 5.59. The maximum atomic E-state index is 13.2. The number of carbonyl (C=O) groups excluding carboxylic acids is 1. The molecule has 4 aromatic rings. The lowest BCUT2D eigenvalue weighted by molar-refractivity contribution is -0.165. The summed E-state index contributed by atoms with van der Waals surface area (Å²) >= 11 is 0. The lowest BCUT2D eigenvalue weighted by Crippen LogP contribution is -2.28. The van der Waals surface area contributed by atoms with Gasteiger partial charge in [-0.3, -0.25) is 5.32 Å². The van der Waals surface area contributed by atoms with Gasteiger partial charge in [-0.15, -0.1) is 0 Å². The van der Waals surface area contributed by atoms with Crippen LogP contribution in [0.15, 0.2) is 53.4 Å². The van der Waals surface area contributed by atoms with Crippen LogP contribution in [0.25, 0.3) is 10.9 Å². The quantitative estimate of drug-likeness (QED) is 0.398. The lowest BCUT2D eigenvalue weighted by atomic mass is 10.0. The Morgan fingerprint density at radius 3 is 2.77 bits per heavy atom. The second kappa shape index (κ2) is 8.58. The van der Waals surface area contributed by atoms with Crippen LogP contribution in [0.3, 0.4) is 0 Å². The Kier molecular flexibility index (Phi) is 5.55. The Hall–Kier alpha value is -4.13. The van der Waals surface area contributed by atoms with E-state index in [4.69, 9.17) is 14.1 Å². The van der Waals surface area contributed by atoms with E-state index in [1.807, 2.05) is 7.05 Å². The Bertz CT molecular complexity index is 1380. The van der Waals surface area contributed by atoms with Gasteiger partial charge in [0, 0.05) is 30.3 Å². The van der Waals surface area contributed by atoms with Crippen LogP contribution >= 0.6 is 0 Å². The van der Waals surface area contributed by atoms with Crippen molar-refractivity contribution >= 4 is 22.8 Å². The summed E-state index contributed by atoms with van der Waals surface area (Å²) in [7, 11) is 1.81. The summed E-state index contributed by atoms with van der Waals surface area (Å²) in [5, 5.41) is 9.50. The molecule has 0 spiro atoms. The molecule has 2 N–H and O–H groups in total. The average Bonchev–Trinajstić information content (AvgIpc) is 3.37. The van der Waals surface area contributed by atoms with Gasteiger partial charge in [-0.25, -0.2) is 14.8 Å². The molecule has 10 nitrogen and oxygen atoms in total. The zero-order chi connectivity index (χ0) is 24.6. The van der Waals surface area contributed by atoms with Gasteiger partial charge in [-0.1, -0.05) is 5.16 Å². The third-order valence-electron chi connectivity index (χ3n) is 5.59. The zero-order valence-electron chi connectivity index (χ0n) is 18.3. The van der Waals surface area contributed by atoms with Crippen LogP contribution < -0.4 is 20.2 Å². The number of anilines is 1. The van der Waals surface area contributed by atoms with Crippen LogP contribution in [-0.2, 0) is 12.0 Å². The number of halogens is 3. The number of aromatic nitrogens is 4. The first-order valence-electron chi connectivity index (χ1n) is 10.6. The van der Waals surface area contributed by atoms with Gasteiger partial charge in [0.25, 0.3) is 0 Å². The van der Waals surface area contributed by atoms with Crippen molar-refractivity contribution in [1.29, 1.82) is 0 Å². The molecule has 1 saturated carbocycles. The molecule has 0 aliphatic heterocycles. The molecule has 5 rings (SSSR count). The smallest absolute Gasteiger partial charge is 0.437 e. The molecule has 182 valence electrons. The molecule has 0 saturated heterocycles. The van der Waals surface area contributed by atoms with Gasteiger partial charge in [-0.2, -0.15) is 17.9 Å². The van der Waals surface area contributed by atoms with Gasteiger partial charge in [-0.05, 0) is 44.2 Å². The number of rotatable bonds is 7. The second-order valence-electron chi connectivity index (χ2n) is 8.00. The topological polar surface area (TPSA) is 116 Å². The molecule has 3 aromatic heterocycles. The number of hydrogen-bond acceptors (Lipinski definition) is 8. The highest BCUT2D eigenvalue weighted by Gasteiger charge is 2.66.